The number of aryl methyl sites for hydroxylation is 2. The number of hydrogen-bond acceptors (Lipinski definition) is 2. The molecule has 1 aliphatic rings. The molecular formula is C25H22N2. The van der Waals surface area contributed by atoms with Crippen LogP contribution in [0.2, 0.25) is 0 Å². The lowest BCUT2D eigenvalue weighted by Gasteiger charge is -2.16. The molecule has 1 heterocycles. The number of anilines is 1. The largest absolute Gasteiger partial charge is 0.363 e. The predicted octanol–water partition coefficient (Wildman–Crippen LogP) is 6.31. The quantitative estimate of drug-likeness (QED) is 0.468. The van der Waals surface area contributed by atoms with Crippen LogP contribution in [0.15, 0.2) is 78.9 Å². The van der Waals surface area contributed by atoms with E-state index in [1.54, 1.807) is 0 Å². The van der Waals surface area contributed by atoms with Gasteiger partial charge in [0.1, 0.15) is 5.82 Å². The minimum Gasteiger partial charge on any atom is -0.363 e. The molecule has 4 aromatic rings. The third-order valence-corrected chi connectivity index (χ3v) is 5.62. The van der Waals surface area contributed by atoms with Crippen molar-refractivity contribution in [3.63, 3.8) is 0 Å². The maximum Gasteiger partial charge on any atom is 0.127 e. The highest BCUT2D eigenvalue weighted by Crippen LogP contribution is 2.35. The van der Waals surface area contributed by atoms with Crippen molar-refractivity contribution in [3.8, 4) is 11.1 Å². The molecule has 1 unspecified atom stereocenters. The molecule has 0 fully saturated rings. The Balaban J connectivity index is 1.51. The number of nitrogens with one attached hydrogen (secondary N) is 1. The van der Waals surface area contributed by atoms with Gasteiger partial charge < -0.3 is 5.32 Å². The van der Waals surface area contributed by atoms with Crippen LogP contribution in [0.1, 0.15) is 29.2 Å². The van der Waals surface area contributed by atoms with Crippen LogP contribution in [0.25, 0.3) is 22.0 Å². The smallest absolute Gasteiger partial charge is 0.127 e. The minimum absolute atomic E-state index is 0.353. The average Bonchev–Trinajstić information content (AvgIpc) is 3.11. The molecule has 132 valence electrons. The SMILES string of the molecule is Cc1ccccc1-c1cccc2nc(NC3CCc4ccccc43)ccc12. The molecule has 0 saturated carbocycles. The lowest BCUT2D eigenvalue weighted by molar-refractivity contribution is 0.758. The van der Waals surface area contributed by atoms with Crippen LogP contribution in [0, 0.1) is 6.92 Å². The van der Waals surface area contributed by atoms with Gasteiger partial charge in [0, 0.05) is 5.39 Å². The first-order valence-corrected chi connectivity index (χ1v) is 9.60. The van der Waals surface area contributed by atoms with Crippen molar-refractivity contribution in [2.75, 3.05) is 5.32 Å². The van der Waals surface area contributed by atoms with E-state index in [0.29, 0.717) is 6.04 Å². The molecule has 0 aliphatic heterocycles. The van der Waals surface area contributed by atoms with Crippen molar-refractivity contribution in [2.24, 2.45) is 0 Å². The second-order valence-electron chi connectivity index (χ2n) is 7.32. The number of hydrogen-bond donors (Lipinski definition) is 1. The number of nitrogens with zero attached hydrogens (tertiary/aromatic N) is 1. The Hall–Kier alpha value is -3.13. The number of rotatable bonds is 3. The van der Waals surface area contributed by atoms with Crippen LogP contribution in [0.4, 0.5) is 5.82 Å². The van der Waals surface area contributed by atoms with Crippen molar-refractivity contribution in [2.45, 2.75) is 25.8 Å². The third-order valence-electron chi connectivity index (χ3n) is 5.62. The Morgan fingerprint density at radius 2 is 1.63 bits per heavy atom. The molecule has 1 atom stereocenters. The van der Waals surface area contributed by atoms with Gasteiger partial charge in [-0.05, 0) is 65.8 Å². The summed E-state index contributed by atoms with van der Waals surface area (Å²) in [7, 11) is 0. The number of fused-ring (bicyclic) bond motifs is 2. The second kappa shape index (κ2) is 6.55. The Bertz CT molecular complexity index is 1130. The summed E-state index contributed by atoms with van der Waals surface area (Å²) in [5, 5.41) is 4.85. The van der Waals surface area contributed by atoms with Crippen LogP contribution in [0.3, 0.4) is 0 Å². The number of benzene rings is 3. The van der Waals surface area contributed by atoms with Crippen molar-refractivity contribution in [1.29, 1.82) is 0 Å². The highest BCUT2D eigenvalue weighted by molar-refractivity contribution is 5.96. The Kier molecular flexibility index (Phi) is 3.90. The van der Waals surface area contributed by atoms with E-state index >= 15 is 0 Å². The lowest BCUT2D eigenvalue weighted by Crippen LogP contribution is -2.08. The zero-order valence-electron chi connectivity index (χ0n) is 15.4. The second-order valence-corrected chi connectivity index (χ2v) is 7.32. The van der Waals surface area contributed by atoms with Gasteiger partial charge in [-0.3, -0.25) is 0 Å². The summed E-state index contributed by atoms with van der Waals surface area (Å²) in [4.78, 5) is 4.92. The first-order valence-electron chi connectivity index (χ1n) is 9.60. The van der Waals surface area contributed by atoms with Crippen molar-refractivity contribution < 1.29 is 0 Å². The van der Waals surface area contributed by atoms with Gasteiger partial charge in [0.05, 0.1) is 11.6 Å². The van der Waals surface area contributed by atoms with E-state index in [0.717, 1.165) is 24.2 Å². The van der Waals surface area contributed by atoms with Gasteiger partial charge in [-0.15, -0.1) is 0 Å². The fraction of sp³-hybridized carbons (Fsp3) is 0.160. The summed E-state index contributed by atoms with van der Waals surface area (Å²) in [5.41, 5.74) is 7.71. The zero-order valence-corrected chi connectivity index (χ0v) is 15.4. The molecule has 2 heteroatoms. The van der Waals surface area contributed by atoms with E-state index in [-0.39, 0.29) is 0 Å². The maximum atomic E-state index is 4.92. The lowest BCUT2D eigenvalue weighted by atomic mass is 9.97. The van der Waals surface area contributed by atoms with Gasteiger partial charge in [-0.2, -0.15) is 0 Å². The Labute approximate surface area is 159 Å². The zero-order chi connectivity index (χ0) is 18.2. The summed E-state index contributed by atoms with van der Waals surface area (Å²) >= 11 is 0. The minimum atomic E-state index is 0.353. The summed E-state index contributed by atoms with van der Waals surface area (Å²) in [6.07, 6.45) is 2.27. The average molecular weight is 350 g/mol. The molecule has 0 bridgehead atoms. The number of aromatic nitrogens is 1. The van der Waals surface area contributed by atoms with Gasteiger partial charge in [0.25, 0.3) is 0 Å². The molecular weight excluding hydrogens is 328 g/mol. The van der Waals surface area contributed by atoms with Crippen LogP contribution >= 0.6 is 0 Å². The molecule has 0 spiro atoms. The summed E-state index contributed by atoms with van der Waals surface area (Å²) in [5.74, 6) is 0.950. The molecule has 3 aromatic carbocycles. The van der Waals surface area contributed by atoms with Gasteiger partial charge in [-0.1, -0.05) is 60.7 Å². The van der Waals surface area contributed by atoms with E-state index in [2.05, 4.69) is 91.1 Å². The summed E-state index contributed by atoms with van der Waals surface area (Å²) in [6, 6.07) is 28.3. The van der Waals surface area contributed by atoms with E-state index in [1.807, 2.05) is 0 Å². The Morgan fingerprint density at radius 3 is 2.56 bits per heavy atom. The fourth-order valence-corrected chi connectivity index (χ4v) is 4.23. The molecule has 2 nitrogen and oxygen atoms in total. The van der Waals surface area contributed by atoms with Gasteiger partial charge in [0.15, 0.2) is 0 Å². The normalized spacial score (nSPS) is 15.7. The molecule has 1 aliphatic carbocycles. The van der Waals surface area contributed by atoms with E-state index < -0.39 is 0 Å². The summed E-state index contributed by atoms with van der Waals surface area (Å²) in [6.45, 7) is 2.16. The highest BCUT2D eigenvalue weighted by atomic mass is 15.0. The standard InChI is InChI=1S/C25H22N2/c1-17-7-2-4-9-19(17)21-11-6-12-23-22(21)14-16-25(26-23)27-24-15-13-18-8-3-5-10-20(18)24/h2-12,14,16,24H,13,15H2,1H3,(H,26,27). The number of pyridine rings is 1. The highest BCUT2D eigenvalue weighted by Gasteiger charge is 2.22. The van der Waals surface area contributed by atoms with Crippen LogP contribution in [-0.2, 0) is 6.42 Å². The molecule has 1 N–H and O–H groups in total. The molecule has 1 aromatic heterocycles. The van der Waals surface area contributed by atoms with Crippen LogP contribution in [-0.4, -0.2) is 4.98 Å². The molecule has 0 radical (unpaired) electrons. The van der Waals surface area contributed by atoms with E-state index in [1.165, 1.54) is 33.2 Å². The van der Waals surface area contributed by atoms with Gasteiger partial charge in [0.2, 0.25) is 0 Å². The molecule has 0 saturated heterocycles. The predicted molar refractivity (Wildman–Crippen MR) is 113 cm³/mol. The van der Waals surface area contributed by atoms with Crippen molar-refractivity contribution >= 4 is 16.7 Å². The van der Waals surface area contributed by atoms with E-state index in [9.17, 15) is 0 Å². The summed E-state index contributed by atoms with van der Waals surface area (Å²) < 4.78 is 0. The van der Waals surface area contributed by atoms with Crippen LogP contribution in [0.5, 0.6) is 0 Å². The Morgan fingerprint density at radius 1 is 0.815 bits per heavy atom. The third kappa shape index (κ3) is 2.87. The topological polar surface area (TPSA) is 24.9 Å². The first kappa shape index (κ1) is 16.1. The molecule has 0 amide bonds. The van der Waals surface area contributed by atoms with Crippen molar-refractivity contribution in [1.82, 2.24) is 4.98 Å². The van der Waals surface area contributed by atoms with Gasteiger partial charge >= 0.3 is 0 Å². The van der Waals surface area contributed by atoms with Crippen LogP contribution < -0.4 is 5.32 Å². The van der Waals surface area contributed by atoms with E-state index in [4.69, 9.17) is 4.98 Å². The van der Waals surface area contributed by atoms with Crippen molar-refractivity contribution in [3.05, 3.63) is 95.6 Å². The molecule has 5 rings (SSSR count). The van der Waals surface area contributed by atoms with Gasteiger partial charge in [-0.25, -0.2) is 4.98 Å². The first-order chi connectivity index (χ1) is 13.3. The monoisotopic (exact) mass is 350 g/mol. The molecule has 27 heavy (non-hydrogen) atoms. The maximum absolute atomic E-state index is 4.92. The fourth-order valence-electron chi connectivity index (χ4n) is 4.23.